The third-order valence-electron chi connectivity index (χ3n) is 5.74. The molecule has 0 fully saturated rings. The lowest BCUT2D eigenvalue weighted by Gasteiger charge is -2.19. The van der Waals surface area contributed by atoms with E-state index in [4.69, 9.17) is 4.74 Å². The lowest BCUT2D eigenvalue weighted by Crippen LogP contribution is -2.14. The fraction of sp³-hybridized carbons (Fsp3) is 0.250. The number of hydrogen-bond donors (Lipinski definition) is 1. The number of fused-ring (bicyclic) bond motifs is 1. The van der Waals surface area contributed by atoms with Crippen molar-refractivity contribution in [2.75, 3.05) is 12.4 Å². The predicted molar refractivity (Wildman–Crippen MR) is 134 cm³/mol. The molecule has 33 heavy (non-hydrogen) atoms. The first-order valence-corrected chi connectivity index (χ1v) is 11.1. The monoisotopic (exact) mass is 439 g/mol. The summed E-state index contributed by atoms with van der Waals surface area (Å²) in [5.74, 6) is 1.36. The van der Waals surface area contributed by atoms with E-state index in [9.17, 15) is 4.79 Å². The molecule has 0 saturated carbocycles. The van der Waals surface area contributed by atoms with Crippen LogP contribution >= 0.6 is 0 Å². The van der Waals surface area contributed by atoms with Crippen LogP contribution < -0.4 is 10.1 Å². The third-order valence-corrected chi connectivity index (χ3v) is 5.74. The summed E-state index contributed by atoms with van der Waals surface area (Å²) in [5, 5.41) is 5.01. The Balaban J connectivity index is 1.76. The van der Waals surface area contributed by atoms with Gasteiger partial charge in [0, 0.05) is 34.8 Å². The number of methoxy groups -OCH3 is 1. The zero-order valence-corrected chi connectivity index (χ0v) is 19.8. The van der Waals surface area contributed by atoms with Gasteiger partial charge in [0.1, 0.15) is 11.6 Å². The highest BCUT2D eigenvalue weighted by atomic mass is 16.5. The van der Waals surface area contributed by atoms with Crippen LogP contribution in [0.1, 0.15) is 49.4 Å². The van der Waals surface area contributed by atoms with Gasteiger partial charge in [0.25, 0.3) is 5.91 Å². The summed E-state index contributed by atoms with van der Waals surface area (Å²) in [4.78, 5) is 22.1. The maximum atomic E-state index is 13.2. The van der Waals surface area contributed by atoms with Gasteiger partial charge in [0.15, 0.2) is 0 Å². The minimum atomic E-state index is -0.159. The summed E-state index contributed by atoms with van der Waals surface area (Å²) in [7, 11) is 1.64. The molecule has 1 N–H and O–H groups in total. The average molecular weight is 440 g/mol. The molecule has 4 aromatic rings. The van der Waals surface area contributed by atoms with E-state index in [0.717, 1.165) is 40.0 Å². The fourth-order valence-electron chi connectivity index (χ4n) is 3.76. The average Bonchev–Trinajstić information content (AvgIpc) is 2.83. The van der Waals surface area contributed by atoms with Crippen molar-refractivity contribution in [3.8, 4) is 17.0 Å². The van der Waals surface area contributed by atoms with Crippen LogP contribution in [0.15, 0.2) is 66.9 Å². The van der Waals surface area contributed by atoms with Crippen LogP contribution in [0, 0.1) is 0 Å². The van der Waals surface area contributed by atoms with Gasteiger partial charge in [-0.2, -0.15) is 0 Å². The van der Waals surface area contributed by atoms with Crippen molar-refractivity contribution in [2.45, 2.75) is 39.5 Å². The van der Waals surface area contributed by atoms with Crippen molar-refractivity contribution in [2.24, 2.45) is 0 Å². The van der Waals surface area contributed by atoms with E-state index >= 15 is 0 Å². The summed E-state index contributed by atoms with van der Waals surface area (Å²) in [6.45, 7) is 8.50. The van der Waals surface area contributed by atoms with Gasteiger partial charge in [-0.05, 0) is 58.8 Å². The normalized spacial score (nSPS) is 11.4. The minimum absolute atomic E-state index is 0.0327. The fourth-order valence-corrected chi connectivity index (χ4v) is 3.76. The minimum Gasteiger partial charge on any atom is -0.497 e. The first kappa shape index (κ1) is 22.5. The van der Waals surface area contributed by atoms with Crippen LogP contribution in [-0.2, 0) is 11.8 Å². The Morgan fingerprint density at radius 2 is 1.76 bits per heavy atom. The van der Waals surface area contributed by atoms with Crippen LogP contribution in [-0.4, -0.2) is 23.0 Å². The molecular weight excluding hydrogens is 410 g/mol. The summed E-state index contributed by atoms with van der Waals surface area (Å²) in [6.07, 6.45) is 2.53. The molecular formula is C28H29N3O2. The Hall–Kier alpha value is -3.73. The highest BCUT2D eigenvalue weighted by Crippen LogP contribution is 2.33. The van der Waals surface area contributed by atoms with Crippen molar-refractivity contribution in [1.29, 1.82) is 0 Å². The van der Waals surface area contributed by atoms with Crippen LogP contribution in [0.2, 0.25) is 0 Å². The molecule has 0 atom stereocenters. The number of carbonyl (C=O) groups is 1. The summed E-state index contributed by atoms with van der Waals surface area (Å²) in [5.41, 5.74) is 4.28. The van der Waals surface area contributed by atoms with Gasteiger partial charge in [-0.25, -0.2) is 9.97 Å². The SMILES string of the molecule is CCc1nccc(-c2cc(NC(=O)c3ccc(C(C)(C)C)cc3)c3cc(OC)ccc3c2)n1. The molecule has 0 bridgehead atoms. The highest BCUT2D eigenvalue weighted by Gasteiger charge is 2.16. The van der Waals surface area contributed by atoms with Gasteiger partial charge >= 0.3 is 0 Å². The second-order valence-corrected chi connectivity index (χ2v) is 9.10. The molecule has 0 saturated heterocycles. The Kier molecular flexibility index (Phi) is 6.14. The number of carbonyl (C=O) groups excluding carboxylic acids is 1. The molecule has 1 heterocycles. The molecule has 1 amide bonds. The first-order chi connectivity index (χ1) is 15.8. The van der Waals surface area contributed by atoms with Crippen molar-refractivity contribution < 1.29 is 9.53 Å². The molecule has 0 aliphatic carbocycles. The van der Waals surface area contributed by atoms with Crippen LogP contribution in [0.5, 0.6) is 5.75 Å². The second-order valence-electron chi connectivity index (χ2n) is 9.10. The zero-order chi connectivity index (χ0) is 23.6. The quantitative estimate of drug-likeness (QED) is 0.390. The van der Waals surface area contributed by atoms with Gasteiger partial charge in [-0.3, -0.25) is 4.79 Å². The number of amides is 1. The van der Waals surface area contributed by atoms with Gasteiger partial charge in [-0.1, -0.05) is 45.9 Å². The van der Waals surface area contributed by atoms with Gasteiger partial charge < -0.3 is 10.1 Å². The Morgan fingerprint density at radius 1 is 1.00 bits per heavy atom. The van der Waals surface area contributed by atoms with E-state index in [0.29, 0.717) is 11.3 Å². The van der Waals surface area contributed by atoms with E-state index in [-0.39, 0.29) is 11.3 Å². The maximum absolute atomic E-state index is 13.2. The highest BCUT2D eigenvalue weighted by molar-refractivity contribution is 6.10. The number of rotatable bonds is 5. The molecule has 0 unspecified atom stereocenters. The van der Waals surface area contributed by atoms with E-state index in [2.05, 4.69) is 42.1 Å². The van der Waals surface area contributed by atoms with Crippen LogP contribution in [0.25, 0.3) is 22.0 Å². The summed E-state index contributed by atoms with van der Waals surface area (Å²) in [6, 6.07) is 19.6. The molecule has 1 aromatic heterocycles. The number of nitrogens with one attached hydrogen (secondary N) is 1. The largest absolute Gasteiger partial charge is 0.497 e. The lowest BCUT2D eigenvalue weighted by molar-refractivity contribution is 0.102. The van der Waals surface area contributed by atoms with Gasteiger partial charge in [-0.15, -0.1) is 0 Å². The number of ether oxygens (including phenoxy) is 1. The number of hydrogen-bond acceptors (Lipinski definition) is 4. The van der Waals surface area contributed by atoms with Crippen LogP contribution in [0.3, 0.4) is 0 Å². The molecule has 4 rings (SSSR count). The number of benzene rings is 3. The molecule has 0 aliphatic heterocycles. The van der Waals surface area contributed by atoms with E-state index in [1.807, 2.05) is 61.5 Å². The Labute approximate surface area is 194 Å². The summed E-state index contributed by atoms with van der Waals surface area (Å²) < 4.78 is 5.42. The van der Waals surface area contributed by atoms with Gasteiger partial charge in [0.2, 0.25) is 0 Å². The molecule has 5 nitrogen and oxygen atoms in total. The topological polar surface area (TPSA) is 64.1 Å². The van der Waals surface area contributed by atoms with Crippen molar-refractivity contribution >= 4 is 22.4 Å². The predicted octanol–water partition coefficient (Wildman–Crippen LogP) is 6.42. The number of aryl methyl sites for hydroxylation is 1. The molecule has 5 heteroatoms. The lowest BCUT2D eigenvalue weighted by atomic mass is 9.86. The summed E-state index contributed by atoms with van der Waals surface area (Å²) >= 11 is 0. The molecule has 0 aliphatic rings. The van der Waals surface area contributed by atoms with Crippen LogP contribution in [0.4, 0.5) is 5.69 Å². The Bertz CT molecular complexity index is 1310. The maximum Gasteiger partial charge on any atom is 0.255 e. The number of anilines is 1. The molecule has 0 spiro atoms. The third kappa shape index (κ3) is 4.87. The van der Waals surface area contributed by atoms with Gasteiger partial charge in [0.05, 0.1) is 12.8 Å². The van der Waals surface area contributed by atoms with Crippen molar-refractivity contribution in [3.05, 3.63) is 83.8 Å². The van der Waals surface area contributed by atoms with E-state index < -0.39 is 0 Å². The molecule has 3 aromatic carbocycles. The second kappa shape index (κ2) is 9.02. The molecule has 168 valence electrons. The standard InChI is InChI=1S/C28H29N3O2/c1-6-26-29-14-13-24(30-26)20-15-19-9-12-22(33-5)17-23(19)25(16-20)31-27(32)18-7-10-21(11-8-18)28(2,3)4/h7-17H,6H2,1-5H3,(H,31,32). The number of nitrogens with zero attached hydrogens (tertiary/aromatic N) is 2. The van der Waals surface area contributed by atoms with E-state index in [1.54, 1.807) is 13.3 Å². The van der Waals surface area contributed by atoms with Crippen molar-refractivity contribution in [1.82, 2.24) is 9.97 Å². The first-order valence-electron chi connectivity index (χ1n) is 11.1. The smallest absolute Gasteiger partial charge is 0.255 e. The zero-order valence-electron chi connectivity index (χ0n) is 19.8. The van der Waals surface area contributed by atoms with Crippen molar-refractivity contribution in [3.63, 3.8) is 0 Å². The Morgan fingerprint density at radius 3 is 2.42 bits per heavy atom. The molecule has 0 radical (unpaired) electrons. The number of aromatic nitrogens is 2. The van der Waals surface area contributed by atoms with E-state index in [1.165, 1.54) is 5.56 Å².